The van der Waals surface area contributed by atoms with Crippen molar-refractivity contribution in [2.24, 2.45) is 0 Å². The highest BCUT2D eigenvalue weighted by Crippen LogP contribution is 1.93. The summed E-state index contributed by atoms with van der Waals surface area (Å²) in [5, 5.41) is 11.2. The Balaban J connectivity index is 2.36. The van der Waals surface area contributed by atoms with Gasteiger partial charge >= 0.3 is 0 Å². The molecule has 1 aromatic rings. The lowest BCUT2D eigenvalue weighted by molar-refractivity contribution is 0.0951. The lowest BCUT2D eigenvalue weighted by Gasteiger charge is -2.03. The molecule has 0 aliphatic heterocycles. The monoisotopic (exact) mass is 224 g/mol. The Morgan fingerprint density at radius 3 is 2.88 bits per heavy atom. The van der Waals surface area contributed by atoms with Crippen LogP contribution in [0.2, 0.25) is 0 Å². The van der Waals surface area contributed by atoms with Crippen LogP contribution in [0.1, 0.15) is 29.6 Å². The van der Waals surface area contributed by atoms with Gasteiger partial charge in [-0.1, -0.05) is 0 Å². The summed E-state index contributed by atoms with van der Waals surface area (Å²) in [6.07, 6.45) is 3.89. The molecule has 0 aliphatic carbocycles. The van der Waals surface area contributed by atoms with Crippen LogP contribution in [0.15, 0.2) is 23.1 Å². The van der Waals surface area contributed by atoms with E-state index in [0.717, 1.165) is 19.3 Å². The summed E-state index contributed by atoms with van der Waals surface area (Å²) in [6, 6.07) is 3.10. The van der Waals surface area contributed by atoms with Crippen molar-refractivity contribution in [1.82, 2.24) is 10.3 Å². The average Bonchev–Trinajstić information content (AvgIpc) is 2.29. The highest BCUT2D eigenvalue weighted by Gasteiger charge is 2.07. The molecule has 3 N–H and O–H groups in total. The third-order valence-corrected chi connectivity index (χ3v) is 2.18. The van der Waals surface area contributed by atoms with Gasteiger partial charge < -0.3 is 15.4 Å². The highest BCUT2D eigenvalue weighted by atomic mass is 16.2. The molecular formula is C11H16N2O3. The van der Waals surface area contributed by atoms with Crippen LogP contribution in [-0.2, 0) is 0 Å². The summed E-state index contributed by atoms with van der Waals surface area (Å²) in [6.45, 7) is 0.694. The molecule has 0 spiro atoms. The zero-order valence-corrected chi connectivity index (χ0v) is 9.03. The van der Waals surface area contributed by atoms with Crippen molar-refractivity contribution in [2.45, 2.75) is 19.3 Å². The number of aromatic amines is 1. The molecular weight excluding hydrogens is 208 g/mol. The maximum absolute atomic E-state index is 11.5. The number of nitrogens with one attached hydrogen (secondary N) is 2. The van der Waals surface area contributed by atoms with Gasteiger partial charge in [-0.15, -0.1) is 0 Å². The Kier molecular flexibility index (Phi) is 5.28. The van der Waals surface area contributed by atoms with Crippen LogP contribution in [-0.4, -0.2) is 29.1 Å². The minimum absolute atomic E-state index is 0.129. The highest BCUT2D eigenvalue weighted by molar-refractivity contribution is 5.93. The molecule has 5 heteroatoms. The average molecular weight is 224 g/mol. The number of carbonyl (C=O) groups is 1. The Morgan fingerprint density at radius 2 is 2.19 bits per heavy atom. The molecule has 1 aromatic heterocycles. The summed E-state index contributed by atoms with van der Waals surface area (Å²) in [5.41, 5.74) is -0.250. The van der Waals surface area contributed by atoms with Crippen LogP contribution in [0, 0.1) is 0 Å². The van der Waals surface area contributed by atoms with Crippen molar-refractivity contribution >= 4 is 5.91 Å². The summed E-state index contributed by atoms with van der Waals surface area (Å²) in [4.78, 5) is 25.2. The van der Waals surface area contributed by atoms with E-state index in [4.69, 9.17) is 5.11 Å². The molecule has 0 unspecified atom stereocenters. The van der Waals surface area contributed by atoms with Crippen molar-refractivity contribution < 1.29 is 9.90 Å². The number of unbranched alkanes of at least 4 members (excludes halogenated alkanes) is 2. The molecule has 0 aliphatic rings. The quantitative estimate of drug-likeness (QED) is 0.606. The second-order valence-electron chi connectivity index (χ2n) is 3.45. The van der Waals surface area contributed by atoms with Crippen LogP contribution in [0.25, 0.3) is 0 Å². The van der Waals surface area contributed by atoms with Crippen molar-refractivity contribution in [1.29, 1.82) is 0 Å². The molecule has 88 valence electrons. The Labute approximate surface area is 93.5 Å². The zero-order chi connectivity index (χ0) is 11.8. The van der Waals surface area contributed by atoms with E-state index < -0.39 is 0 Å². The Bertz CT molecular complexity index is 387. The molecule has 0 saturated heterocycles. The fourth-order valence-electron chi connectivity index (χ4n) is 1.31. The van der Waals surface area contributed by atoms with Crippen LogP contribution >= 0.6 is 0 Å². The third kappa shape index (κ3) is 3.86. The number of H-pyrrole nitrogens is 1. The summed E-state index contributed by atoms with van der Waals surface area (Å²) < 4.78 is 0. The number of aliphatic hydroxyl groups is 1. The van der Waals surface area contributed by atoms with E-state index in [-0.39, 0.29) is 23.6 Å². The van der Waals surface area contributed by atoms with Gasteiger partial charge in [-0.25, -0.2) is 0 Å². The van der Waals surface area contributed by atoms with Crippen molar-refractivity contribution in [3.63, 3.8) is 0 Å². The van der Waals surface area contributed by atoms with Gasteiger partial charge in [-0.2, -0.15) is 0 Å². The second-order valence-corrected chi connectivity index (χ2v) is 3.45. The predicted octanol–water partition coefficient (Wildman–Crippen LogP) is 0.267. The second kappa shape index (κ2) is 6.79. The number of carbonyl (C=O) groups excluding carboxylic acids is 1. The maximum atomic E-state index is 11.5. The fourth-order valence-corrected chi connectivity index (χ4v) is 1.31. The number of aromatic nitrogens is 1. The fraction of sp³-hybridized carbons (Fsp3) is 0.455. The van der Waals surface area contributed by atoms with Crippen LogP contribution in [0.4, 0.5) is 0 Å². The molecule has 1 heterocycles. The first-order valence-corrected chi connectivity index (χ1v) is 5.32. The van der Waals surface area contributed by atoms with E-state index in [9.17, 15) is 9.59 Å². The van der Waals surface area contributed by atoms with Gasteiger partial charge in [0.1, 0.15) is 5.56 Å². The van der Waals surface area contributed by atoms with Gasteiger partial charge in [0.05, 0.1) is 0 Å². The number of rotatable bonds is 6. The first-order valence-electron chi connectivity index (χ1n) is 5.32. The number of aliphatic hydroxyl groups excluding tert-OH is 1. The SMILES string of the molecule is O=C(NCCCCCO)c1ccc[nH]c1=O. The smallest absolute Gasteiger partial charge is 0.260 e. The van der Waals surface area contributed by atoms with Gasteiger partial charge in [0, 0.05) is 19.3 Å². The van der Waals surface area contributed by atoms with Gasteiger partial charge in [0.25, 0.3) is 11.5 Å². The van der Waals surface area contributed by atoms with E-state index in [1.165, 1.54) is 12.3 Å². The van der Waals surface area contributed by atoms with Crippen molar-refractivity contribution in [2.75, 3.05) is 13.2 Å². The first kappa shape index (κ1) is 12.4. The number of amides is 1. The maximum Gasteiger partial charge on any atom is 0.260 e. The predicted molar refractivity (Wildman–Crippen MR) is 60.3 cm³/mol. The number of pyridine rings is 1. The molecule has 5 nitrogen and oxygen atoms in total. The molecule has 0 saturated carbocycles. The van der Waals surface area contributed by atoms with Gasteiger partial charge in [0.15, 0.2) is 0 Å². The van der Waals surface area contributed by atoms with Crippen LogP contribution < -0.4 is 10.9 Å². The molecule has 0 bridgehead atoms. The van der Waals surface area contributed by atoms with E-state index in [0.29, 0.717) is 6.54 Å². The molecule has 1 rings (SSSR count). The molecule has 16 heavy (non-hydrogen) atoms. The molecule has 0 fully saturated rings. The number of hydrogen-bond donors (Lipinski definition) is 3. The van der Waals surface area contributed by atoms with E-state index in [1.54, 1.807) is 6.07 Å². The normalized spacial score (nSPS) is 10.1. The Hall–Kier alpha value is -1.62. The largest absolute Gasteiger partial charge is 0.396 e. The first-order chi connectivity index (χ1) is 7.75. The lowest BCUT2D eigenvalue weighted by atomic mass is 10.2. The molecule has 1 amide bonds. The van der Waals surface area contributed by atoms with E-state index in [2.05, 4.69) is 10.3 Å². The van der Waals surface area contributed by atoms with Crippen molar-refractivity contribution in [3.05, 3.63) is 34.2 Å². The standard InChI is InChI=1S/C11H16N2O3/c14-8-3-1-2-6-12-10(15)9-5-4-7-13-11(9)16/h4-5,7,14H,1-3,6,8H2,(H,12,15)(H,13,16). The minimum atomic E-state index is -0.379. The van der Waals surface area contributed by atoms with Crippen molar-refractivity contribution in [3.8, 4) is 0 Å². The van der Waals surface area contributed by atoms with Crippen LogP contribution in [0.3, 0.4) is 0 Å². The number of hydrogen-bond acceptors (Lipinski definition) is 3. The summed E-state index contributed by atoms with van der Waals surface area (Å²) in [7, 11) is 0. The lowest BCUT2D eigenvalue weighted by Crippen LogP contribution is -2.29. The molecule has 0 radical (unpaired) electrons. The minimum Gasteiger partial charge on any atom is -0.396 e. The van der Waals surface area contributed by atoms with Gasteiger partial charge in [-0.05, 0) is 31.4 Å². The molecule has 0 aromatic carbocycles. The Morgan fingerprint density at radius 1 is 1.38 bits per heavy atom. The summed E-state index contributed by atoms with van der Waals surface area (Å²) >= 11 is 0. The van der Waals surface area contributed by atoms with Gasteiger partial charge in [-0.3, -0.25) is 9.59 Å². The zero-order valence-electron chi connectivity index (χ0n) is 9.03. The summed E-state index contributed by atoms with van der Waals surface area (Å²) in [5.74, 6) is -0.356. The van der Waals surface area contributed by atoms with E-state index >= 15 is 0 Å². The molecule has 0 atom stereocenters. The third-order valence-electron chi connectivity index (χ3n) is 2.18. The topological polar surface area (TPSA) is 82.2 Å². The van der Waals surface area contributed by atoms with E-state index in [1.807, 2.05) is 0 Å². The van der Waals surface area contributed by atoms with Gasteiger partial charge in [0.2, 0.25) is 0 Å². The van der Waals surface area contributed by atoms with Crippen LogP contribution in [0.5, 0.6) is 0 Å².